The normalized spacial score (nSPS) is 25.6. The number of rotatable bonds is 2. The molecule has 3 N–H and O–H groups in total. The van der Waals surface area contributed by atoms with E-state index >= 15 is 0 Å². The number of aliphatic hydroxyl groups is 1. The number of allylic oxidation sites excluding steroid dienone is 1. The Morgan fingerprint density at radius 3 is 2.85 bits per heavy atom. The Morgan fingerprint density at radius 2 is 2.46 bits per heavy atom. The molecule has 0 bridgehead atoms. The van der Waals surface area contributed by atoms with Crippen LogP contribution in [0.4, 0.5) is 0 Å². The van der Waals surface area contributed by atoms with Gasteiger partial charge in [0.25, 0.3) is 0 Å². The van der Waals surface area contributed by atoms with Gasteiger partial charge in [0.1, 0.15) is 18.4 Å². The Labute approximate surface area is 77.5 Å². The Kier molecular flexibility index (Phi) is 3.13. The van der Waals surface area contributed by atoms with Crippen molar-refractivity contribution < 1.29 is 9.84 Å². The standard InChI is InChI=1S/C8H15N3O2/c1-11(2)7(3-9)8-10-4-6(12)5-13-8/h3,6,9-10,12H,4-5H2,1-2H3/b8-7-,9-3?. The van der Waals surface area contributed by atoms with Gasteiger partial charge in [0.15, 0.2) is 0 Å². The van der Waals surface area contributed by atoms with E-state index < -0.39 is 6.10 Å². The molecule has 5 heteroatoms. The second-order valence-electron chi connectivity index (χ2n) is 3.10. The Morgan fingerprint density at radius 1 is 1.77 bits per heavy atom. The summed E-state index contributed by atoms with van der Waals surface area (Å²) in [5.41, 5.74) is 0.673. The molecule has 1 fully saturated rings. The van der Waals surface area contributed by atoms with Gasteiger partial charge in [0.05, 0.1) is 0 Å². The van der Waals surface area contributed by atoms with Gasteiger partial charge >= 0.3 is 0 Å². The molecule has 1 saturated heterocycles. The number of aliphatic hydroxyl groups excluding tert-OH is 1. The van der Waals surface area contributed by atoms with Crippen LogP contribution in [0.5, 0.6) is 0 Å². The molecule has 1 atom stereocenters. The highest BCUT2D eigenvalue weighted by Crippen LogP contribution is 2.08. The zero-order valence-electron chi connectivity index (χ0n) is 7.87. The number of hydrogen-bond acceptors (Lipinski definition) is 5. The molecular weight excluding hydrogens is 170 g/mol. The van der Waals surface area contributed by atoms with Crippen molar-refractivity contribution in [3.63, 3.8) is 0 Å². The SMILES string of the molecule is CN(C)/C(C=N)=C1/NCC(O)CO1. The Bertz CT molecular complexity index is 215. The summed E-state index contributed by atoms with van der Waals surface area (Å²) in [4.78, 5) is 1.78. The summed E-state index contributed by atoms with van der Waals surface area (Å²) in [5.74, 6) is 0.560. The molecule has 1 heterocycles. The van der Waals surface area contributed by atoms with Crippen molar-refractivity contribution in [3.8, 4) is 0 Å². The van der Waals surface area contributed by atoms with Crippen molar-refractivity contribution in [1.29, 1.82) is 5.41 Å². The fourth-order valence-corrected chi connectivity index (χ4v) is 1.06. The summed E-state index contributed by atoms with van der Waals surface area (Å²) in [6.07, 6.45) is 0.762. The van der Waals surface area contributed by atoms with Gasteiger partial charge in [-0.25, -0.2) is 0 Å². The van der Waals surface area contributed by atoms with Gasteiger partial charge in [-0.1, -0.05) is 0 Å². The third-order valence-corrected chi connectivity index (χ3v) is 1.77. The molecule has 1 aliphatic heterocycles. The lowest BCUT2D eigenvalue weighted by atomic mass is 10.3. The first-order valence-corrected chi connectivity index (χ1v) is 4.12. The van der Waals surface area contributed by atoms with E-state index in [-0.39, 0.29) is 6.61 Å². The minimum atomic E-state index is -0.460. The molecule has 1 unspecified atom stereocenters. The number of hydrogen-bond donors (Lipinski definition) is 3. The highest BCUT2D eigenvalue weighted by molar-refractivity contribution is 5.75. The third kappa shape index (κ3) is 2.35. The van der Waals surface area contributed by atoms with E-state index in [1.54, 1.807) is 4.90 Å². The highest BCUT2D eigenvalue weighted by Gasteiger charge is 2.17. The van der Waals surface area contributed by atoms with Gasteiger partial charge in [-0.15, -0.1) is 0 Å². The summed E-state index contributed by atoms with van der Waals surface area (Å²) in [6, 6.07) is 0. The molecule has 0 aromatic heterocycles. The van der Waals surface area contributed by atoms with E-state index in [4.69, 9.17) is 15.3 Å². The average molecular weight is 185 g/mol. The summed E-state index contributed by atoms with van der Waals surface area (Å²) < 4.78 is 5.23. The summed E-state index contributed by atoms with van der Waals surface area (Å²) >= 11 is 0. The van der Waals surface area contributed by atoms with Gasteiger partial charge in [0.2, 0.25) is 5.88 Å². The van der Waals surface area contributed by atoms with Crippen LogP contribution in [0.15, 0.2) is 11.6 Å². The first kappa shape index (κ1) is 9.85. The smallest absolute Gasteiger partial charge is 0.212 e. The second-order valence-corrected chi connectivity index (χ2v) is 3.10. The van der Waals surface area contributed by atoms with E-state index in [0.717, 1.165) is 0 Å². The number of nitrogens with zero attached hydrogens (tertiary/aromatic N) is 1. The summed E-state index contributed by atoms with van der Waals surface area (Å²) in [6.45, 7) is 0.758. The van der Waals surface area contributed by atoms with Gasteiger partial charge in [-0.3, -0.25) is 0 Å². The van der Waals surface area contributed by atoms with E-state index in [2.05, 4.69) is 5.32 Å². The Balaban J connectivity index is 2.72. The molecule has 1 aliphatic rings. The van der Waals surface area contributed by atoms with Crippen LogP contribution >= 0.6 is 0 Å². The minimum absolute atomic E-state index is 0.285. The number of nitrogens with one attached hydrogen (secondary N) is 2. The van der Waals surface area contributed by atoms with Gasteiger partial charge in [-0.2, -0.15) is 0 Å². The van der Waals surface area contributed by atoms with Crippen molar-refractivity contribution in [2.45, 2.75) is 6.10 Å². The molecule has 13 heavy (non-hydrogen) atoms. The molecule has 0 radical (unpaired) electrons. The van der Waals surface area contributed by atoms with Crippen LogP contribution in [0.3, 0.4) is 0 Å². The molecule has 5 nitrogen and oxygen atoms in total. The van der Waals surface area contributed by atoms with Gasteiger partial charge in [0, 0.05) is 26.9 Å². The van der Waals surface area contributed by atoms with E-state index in [1.165, 1.54) is 6.21 Å². The quantitative estimate of drug-likeness (QED) is 0.500. The summed E-state index contributed by atoms with van der Waals surface area (Å²) in [5, 5.41) is 19.2. The zero-order valence-corrected chi connectivity index (χ0v) is 7.87. The second kappa shape index (κ2) is 4.13. The van der Waals surface area contributed by atoms with Crippen LogP contribution in [-0.4, -0.2) is 49.6 Å². The van der Waals surface area contributed by atoms with E-state index in [0.29, 0.717) is 18.1 Å². The molecule has 0 aromatic carbocycles. The lowest BCUT2D eigenvalue weighted by molar-refractivity contribution is 0.0302. The topological polar surface area (TPSA) is 68.6 Å². The van der Waals surface area contributed by atoms with E-state index in [1.807, 2.05) is 14.1 Å². The lowest BCUT2D eigenvalue weighted by Crippen LogP contribution is -2.39. The number of β-amino-alcohol motifs (C(OH)–C–C–N with tert-alkyl or cyclic N) is 1. The minimum Gasteiger partial charge on any atom is -0.475 e. The highest BCUT2D eigenvalue weighted by atomic mass is 16.5. The van der Waals surface area contributed by atoms with Crippen LogP contribution < -0.4 is 5.32 Å². The van der Waals surface area contributed by atoms with Crippen molar-refractivity contribution in [3.05, 3.63) is 11.6 Å². The van der Waals surface area contributed by atoms with Crippen LogP contribution in [0, 0.1) is 5.41 Å². The largest absolute Gasteiger partial charge is 0.475 e. The van der Waals surface area contributed by atoms with Gasteiger partial charge in [-0.05, 0) is 0 Å². The molecule has 0 amide bonds. The first-order chi connectivity index (χ1) is 6.15. The van der Waals surface area contributed by atoms with Gasteiger partial charge < -0.3 is 25.5 Å². The predicted molar refractivity (Wildman–Crippen MR) is 49.5 cm³/mol. The maximum absolute atomic E-state index is 9.14. The lowest BCUT2D eigenvalue weighted by Gasteiger charge is -2.26. The molecule has 0 aliphatic carbocycles. The van der Waals surface area contributed by atoms with Crippen molar-refractivity contribution >= 4 is 6.21 Å². The van der Waals surface area contributed by atoms with E-state index in [9.17, 15) is 0 Å². The molecule has 0 spiro atoms. The summed E-state index contributed by atoms with van der Waals surface area (Å²) in [7, 11) is 3.67. The van der Waals surface area contributed by atoms with Crippen LogP contribution in [0.1, 0.15) is 0 Å². The fourth-order valence-electron chi connectivity index (χ4n) is 1.06. The maximum atomic E-state index is 9.14. The molecule has 0 aromatic rings. The van der Waals surface area contributed by atoms with Crippen molar-refractivity contribution in [1.82, 2.24) is 10.2 Å². The molecule has 74 valence electrons. The Hall–Kier alpha value is -1.23. The zero-order chi connectivity index (χ0) is 9.84. The van der Waals surface area contributed by atoms with Crippen molar-refractivity contribution in [2.75, 3.05) is 27.2 Å². The van der Waals surface area contributed by atoms with Crippen molar-refractivity contribution in [2.24, 2.45) is 0 Å². The van der Waals surface area contributed by atoms with Crippen LogP contribution in [0.25, 0.3) is 0 Å². The predicted octanol–water partition coefficient (Wildman–Crippen LogP) is -0.653. The monoisotopic (exact) mass is 185 g/mol. The van der Waals surface area contributed by atoms with Crippen LogP contribution in [-0.2, 0) is 4.74 Å². The van der Waals surface area contributed by atoms with Crippen LogP contribution in [0.2, 0.25) is 0 Å². The number of ether oxygens (including phenoxy) is 1. The first-order valence-electron chi connectivity index (χ1n) is 4.12. The fraction of sp³-hybridized carbons (Fsp3) is 0.625. The molecular formula is C8H15N3O2. The molecule has 0 saturated carbocycles. The average Bonchev–Trinajstić information content (AvgIpc) is 2.09. The molecule has 1 rings (SSSR count). The maximum Gasteiger partial charge on any atom is 0.212 e. The third-order valence-electron chi connectivity index (χ3n) is 1.77.